The van der Waals surface area contributed by atoms with Gasteiger partial charge < -0.3 is 5.11 Å². The molecule has 4 rings (SSSR count). The van der Waals surface area contributed by atoms with Gasteiger partial charge in [-0.2, -0.15) is 0 Å². The lowest BCUT2D eigenvalue weighted by Gasteiger charge is -2.13. The fourth-order valence-corrected chi connectivity index (χ4v) is 3.30. The fourth-order valence-electron chi connectivity index (χ4n) is 3.30. The number of aliphatic hydroxyl groups is 1. The lowest BCUT2D eigenvalue weighted by Crippen LogP contribution is -2.04. The molecule has 6 heteroatoms. The molecule has 0 bridgehead atoms. The van der Waals surface area contributed by atoms with E-state index in [2.05, 4.69) is 21.0 Å². The van der Waals surface area contributed by atoms with Crippen LogP contribution in [0, 0.1) is 12.7 Å². The molecule has 1 aliphatic carbocycles. The quantitative estimate of drug-likeness (QED) is 0.787. The van der Waals surface area contributed by atoms with Crippen molar-refractivity contribution in [2.75, 3.05) is 0 Å². The second-order valence-corrected chi connectivity index (χ2v) is 5.97. The first-order chi connectivity index (χ1) is 11.7. The van der Waals surface area contributed by atoms with E-state index in [-0.39, 0.29) is 12.3 Å². The average Bonchev–Trinajstić information content (AvgIpc) is 2.87. The maximum absolute atomic E-state index is 14.5. The van der Waals surface area contributed by atoms with Gasteiger partial charge in [0.15, 0.2) is 11.5 Å². The van der Waals surface area contributed by atoms with Crippen LogP contribution in [0.25, 0.3) is 11.2 Å². The monoisotopic (exact) mass is 324 g/mol. The molecule has 0 aliphatic heterocycles. The van der Waals surface area contributed by atoms with Crippen molar-refractivity contribution >= 4 is 11.2 Å². The second-order valence-electron chi connectivity index (χ2n) is 5.97. The van der Waals surface area contributed by atoms with Crippen LogP contribution in [-0.4, -0.2) is 24.5 Å². The molecule has 0 amide bonds. The van der Waals surface area contributed by atoms with Gasteiger partial charge in [0, 0.05) is 23.0 Å². The molecule has 122 valence electrons. The van der Waals surface area contributed by atoms with E-state index in [0.717, 1.165) is 47.4 Å². The Bertz CT molecular complexity index is 961. The van der Waals surface area contributed by atoms with Gasteiger partial charge >= 0.3 is 0 Å². The van der Waals surface area contributed by atoms with E-state index in [1.807, 2.05) is 13.1 Å². The largest absolute Gasteiger partial charge is 0.390 e. The Morgan fingerprint density at radius 3 is 3.00 bits per heavy atom. The number of hydrogen-bond acceptors (Lipinski definition) is 4. The van der Waals surface area contributed by atoms with Gasteiger partial charge in [0.05, 0.1) is 24.2 Å². The number of nitrogens with zero attached hydrogens (tertiary/aromatic N) is 4. The Kier molecular flexibility index (Phi) is 3.61. The molecular weight excluding hydrogens is 307 g/mol. The number of fused-ring (bicyclic) bond motifs is 2. The number of pyridine rings is 1. The molecule has 0 fully saturated rings. The predicted molar refractivity (Wildman–Crippen MR) is 87.9 cm³/mol. The smallest absolute Gasteiger partial charge is 0.173 e. The Morgan fingerprint density at radius 2 is 2.17 bits per heavy atom. The molecule has 3 aromatic rings. The van der Waals surface area contributed by atoms with Crippen molar-refractivity contribution in [1.82, 2.24) is 19.4 Å². The molecule has 0 atom stereocenters. The van der Waals surface area contributed by atoms with Crippen LogP contribution in [0.1, 0.15) is 41.1 Å². The third kappa shape index (κ3) is 2.30. The van der Waals surface area contributed by atoms with Gasteiger partial charge in [-0.15, -0.1) is 0 Å². The first-order valence-electron chi connectivity index (χ1n) is 7.96. The van der Waals surface area contributed by atoms with Crippen molar-refractivity contribution in [1.29, 1.82) is 0 Å². The molecule has 5 nitrogen and oxygen atoms in total. The molecule has 0 saturated carbocycles. The summed E-state index contributed by atoms with van der Waals surface area (Å²) in [5.74, 6) is -0.409. The van der Waals surface area contributed by atoms with Crippen LogP contribution in [-0.2, 0) is 13.0 Å². The Hall–Kier alpha value is -2.60. The number of aryl methyl sites for hydroxylation is 2. The number of allylic oxidation sites excluding steroid dienone is 1. The number of halogens is 1. The Labute approximate surface area is 138 Å². The van der Waals surface area contributed by atoms with Gasteiger partial charge in [-0.1, -0.05) is 6.08 Å². The lowest BCUT2D eigenvalue weighted by atomic mass is 9.96. The summed E-state index contributed by atoms with van der Waals surface area (Å²) in [5.41, 5.74) is 5.34. The highest BCUT2D eigenvalue weighted by Gasteiger charge is 2.19. The third-order valence-corrected chi connectivity index (χ3v) is 4.46. The van der Waals surface area contributed by atoms with E-state index in [1.165, 1.54) is 12.3 Å². The minimum Gasteiger partial charge on any atom is -0.390 e. The highest BCUT2D eigenvalue weighted by molar-refractivity contribution is 5.82. The Morgan fingerprint density at radius 1 is 1.29 bits per heavy atom. The number of aromatic nitrogens is 4. The predicted octanol–water partition coefficient (Wildman–Crippen LogP) is 2.83. The van der Waals surface area contributed by atoms with E-state index in [0.29, 0.717) is 5.69 Å². The van der Waals surface area contributed by atoms with E-state index in [9.17, 15) is 9.50 Å². The molecule has 0 spiro atoms. The minimum absolute atomic E-state index is 0.193. The van der Waals surface area contributed by atoms with Crippen molar-refractivity contribution in [3.8, 4) is 0 Å². The average molecular weight is 324 g/mol. The zero-order valence-corrected chi connectivity index (χ0v) is 13.3. The summed E-state index contributed by atoms with van der Waals surface area (Å²) in [6.07, 6.45) is 9.82. The van der Waals surface area contributed by atoms with E-state index in [1.54, 1.807) is 10.7 Å². The van der Waals surface area contributed by atoms with E-state index < -0.39 is 5.82 Å². The zero-order valence-electron chi connectivity index (χ0n) is 13.3. The van der Waals surface area contributed by atoms with Gasteiger partial charge in [-0.3, -0.25) is 4.40 Å². The summed E-state index contributed by atoms with van der Waals surface area (Å²) in [6.45, 7) is 1.76. The topological polar surface area (TPSA) is 63.3 Å². The van der Waals surface area contributed by atoms with Crippen LogP contribution in [0.2, 0.25) is 0 Å². The van der Waals surface area contributed by atoms with E-state index in [4.69, 9.17) is 0 Å². The number of rotatable bonds is 2. The van der Waals surface area contributed by atoms with Crippen LogP contribution in [0.4, 0.5) is 4.39 Å². The zero-order chi connectivity index (χ0) is 16.7. The normalized spacial score (nSPS) is 14.4. The molecule has 1 N–H and O–H groups in total. The highest BCUT2D eigenvalue weighted by Crippen LogP contribution is 2.32. The first-order valence-corrected chi connectivity index (χ1v) is 7.96. The first kappa shape index (κ1) is 15.0. The molecule has 24 heavy (non-hydrogen) atoms. The minimum atomic E-state index is -0.409. The van der Waals surface area contributed by atoms with Gasteiger partial charge in [-0.05, 0) is 37.8 Å². The summed E-state index contributed by atoms with van der Waals surface area (Å²) in [4.78, 5) is 12.8. The molecule has 0 saturated heterocycles. The van der Waals surface area contributed by atoms with Crippen LogP contribution in [0.3, 0.4) is 0 Å². The molecule has 0 unspecified atom stereocenters. The number of aliphatic hydroxyl groups excluding tert-OH is 1. The summed E-state index contributed by atoms with van der Waals surface area (Å²) in [5, 5.41) is 9.45. The maximum atomic E-state index is 14.5. The van der Waals surface area contributed by atoms with Gasteiger partial charge in [0.25, 0.3) is 0 Å². The third-order valence-electron chi connectivity index (χ3n) is 4.46. The Balaban J connectivity index is 1.96. The molecule has 1 aliphatic rings. The maximum Gasteiger partial charge on any atom is 0.173 e. The van der Waals surface area contributed by atoms with Crippen LogP contribution >= 0.6 is 0 Å². The number of imidazole rings is 1. The van der Waals surface area contributed by atoms with Gasteiger partial charge in [0.1, 0.15) is 6.33 Å². The summed E-state index contributed by atoms with van der Waals surface area (Å²) in [7, 11) is 0. The SMILES string of the molecule is Cc1ncnc2c1C(c1cc(F)c3ncc(CO)n3c1)=CCCC2. The molecule has 3 heterocycles. The molecular formula is C18H17FN4O. The van der Waals surface area contributed by atoms with Crippen molar-refractivity contribution in [3.63, 3.8) is 0 Å². The molecule has 3 aromatic heterocycles. The lowest BCUT2D eigenvalue weighted by molar-refractivity contribution is 0.275. The molecule has 0 aromatic carbocycles. The van der Waals surface area contributed by atoms with Gasteiger partial charge in [-0.25, -0.2) is 19.3 Å². The van der Waals surface area contributed by atoms with Crippen molar-refractivity contribution < 1.29 is 9.50 Å². The van der Waals surface area contributed by atoms with Crippen molar-refractivity contribution in [2.24, 2.45) is 0 Å². The van der Waals surface area contributed by atoms with Crippen molar-refractivity contribution in [3.05, 3.63) is 64.9 Å². The van der Waals surface area contributed by atoms with Crippen LogP contribution < -0.4 is 0 Å². The van der Waals surface area contributed by atoms with Crippen LogP contribution in [0.5, 0.6) is 0 Å². The summed E-state index contributed by atoms with van der Waals surface area (Å²) >= 11 is 0. The van der Waals surface area contributed by atoms with Crippen LogP contribution in [0.15, 0.2) is 30.9 Å². The van der Waals surface area contributed by atoms with Gasteiger partial charge in [0.2, 0.25) is 0 Å². The van der Waals surface area contributed by atoms with Crippen molar-refractivity contribution in [2.45, 2.75) is 32.8 Å². The highest BCUT2D eigenvalue weighted by atomic mass is 19.1. The summed E-state index contributed by atoms with van der Waals surface area (Å²) in [6, 6.07) is 1.50. The standard InChI is InChI=1S/C18H17FN4O/c1-11-17-14(4-2-3-5-16(17)22-10-21-11)12-6-15(19)18-20-7-13(9-24)23(18)8-12/h4,6-8,10,24H,2-3,5,9H2,1H3. The van der Waals surface area contributed by atoms with E-state index >= 15 is 0 Å². The fraction of sp³-hybridized carbons (Fsp3) is 0.278. The number of hydrogen-bond donors (Lipinski definition) is 1. The summed E-state index contributed by atoms with van der Waals surface area (Å²) < 4.78 is 16.1. The second kappa shape index (κ2) is 5.79. The molecule has 0 radical (unpaired) electrons.